The van der Waals surface area contributed by atoms with E-state index in [0.29, 0.717) is 0 Å². The van der Waals surface area contributed by atoms with Gasteiger partial charge in [0.2, 0.25) is 5.16 Å². The lowest BCUT2D eigenvalue weighted by Crippen LogP contribution is -2.18. The molecule has 0 radical (unpaired) electrons. The topological polar surface area (TPSA) is 64.9 Å². The Bertz CT molecular complexity index is 1080. The Morgan fingerprint density at radius 1 is 1.00 bits per heavy atom. The predicted molar refractivity (Wildman–Crippen MR) is 121 cm³/mol. The smallest absolute Gasteiger partial charge is 0.214 e. The number of fused-ring (bicyclic) bond motifs is 1. The fraction of sp³-hybridized carbons (Fsp3) is 0.261. The molecule has 1 heterocycles. The van der Waals surface area contributed by atoms with E-state index < -0.39 is 0 Å². The molecule has 1 aromatic heterocycles. The number of tetrazole rings is 1. The van der Waals surface area contributed by atoms with Gasteiger partial charge in [-0.15, -0.1) is 5.10 Å². The van der Waals surface area contributed by atoms with Crippen LogP contribution in [0.1, 0.15) is 18.9 Å². The van der Waals surface area contributed by atoms with Crippen molar-refractivity contribution in [2.75, 3.05) is 18.9 Å². The highest BCUT2D eigenvalue weighted by Gasteiger charge is 2.10. The molecule has 0 amide bonds. The number of ether oxygens (including phenoxy) is 1. The van der Waals surface area contributed by atoms with Gasteiger partial charge in [-0.05, 0) is 45.8 Å². The minimum absolute atomic E-state index is 0.726. The third-order valence-corrected chi connectivity index (χ3v) is 5.63. The second-order valence-corrected chi connectivity index (χ2v) is 7.91. The largest absolute Gasteiger partial charge is 0.493 e. The molecule has 0 saturated carbocycles. The summed E-state index contributed by atoms with van der Waals surface area (Å²) in [4.78, 5) is 0. The van der Waals surface area contributed by atoms with Gasteiger partial charge in [-0.1, -0.05) is 67.2 Å². The number of hydrogen-bond acceptors (Lipinski definition) is 6. The summed E-state index contributed by atoms with van der Waals surface area (Å²) in [5, 5.41) is 18.9. The molecule has 0 unspecified atom stereocenters. The van der Waals surface area contributed by atoms with Crippen LogP contribution in [-0.4, -0.2) is 39.1 Å². The van der Waals surface area contributed by atoms with E-state index in [-0.39, 0.29) is 0 Å². The van der Waals surface area contributed by atoms with Gasteiger partial charge in [0, 0.05) is 24.4 Å². The predicted octanol–water partition coefficient (Wildman–Crippen LogP) is 4.49. The summed E-state index contributed by atoms with van der Waals surface area (Å²) in [5.74, 6) is 1.83. The van der Waals surface area contributed by atoms with Crippen LogP contribution >= 0.6 is 11.8 Å². The summed E-state index contributed by atoms with van der Waals surface area (Å²) in [6.45, 7) is 4.44. The number of aromatic nitrogens is 4. The second kappa shape index (κ2) is 10.2. The number of nitrogens with zero attached hydrogens (tertiary/aromatic N) is 4. The molecule has 3 aromatic carbocycles. The molecule has 0 spiro atoms. The lowest BCUT2D eigenvalue weighted by Gasteiger charge is -2.14. The molecule has 4 rings (SSSR count). The van der Waals surface area contributed by atoms with Crippen molar-refractivity contribution < 1.29 is 4.74 Å². The van der Waals surface area contributed by atoms with Crippen LogP contribution in [0, 0.1) is 0 Å². The van der Waals surface area contributed by atoms with E-state index in [2.05, 4.69) is 64.2 Å². The van der Waals surface area contributed by atoms with Crippen LogP contribution in [-0.2, 0) is 6.54 Å². The third kappa shape index (κ3) is 4.80. The van der Waals surface area contributed by atoms with Gasteiger partial charge in [-0.25, -0.2) is 0 Å². The Labute approximate surface area is 180 Å². The van der Waals surface area contributed by atoms with Crippen molar-refractivity contribution in [1.82, 2.24) is 25.5 Å². The first kappa shape index (κ1) is 20.4. The fourth-order valence-corrected chi connectivity index (χ4v) is 4.06. The monoisotopic (exact) mass is 419 g/mol. The molecule has 0 aliphatic carbocycles. The van der Waals surface area contributed by atoms with Gasteiger partial charge in [-0.2, -0.15) is 4.68 Å². The summed E-state index contributed by atoms with van der Waals surface area (Å²) in [7, 11) is 0. The van der Waals surface area contributed by atoms with Gasteiger partial charge < -0.3 is 10.1 Å². The molecule has 154 valence electrons. The van der Waals surface area contributed by atoms with Crippen LogP contribution in [0.5, 0.6) is 5.75 Å². The molecule has 0 atom stereocenters. The number of hydrogen-bond donors (Lipinski definition) is 1. The van der Waals surface area contributed by atoms with Gasteiger partial charge in [0.25, 0.3) is 0 Å². The summed E-state index contributed by atoms with van der Waals surface area (Å²) in [6, 6.07) is 22.6. The zero-order valence-corrected chi connectivity index (χ0v) is 17.8. The van der Waals surface area contributed by atoms with E-state index in [1.165, 1.54) is 16.3 Å². The standard InChI is InChI=1S/C23H25N5OS/c1-2-15-29-22-13-12-18-8-6-7-11-20(18)21(22)17-24-14-16-30-23-25-26-27-28(23)19-9-4-3-5-10-19/h3-13,24H,2,14-17H2,1H3. The van der Waals surface area contributed by atoms with Crippen molar-refractivity contribution in [3.8, 4) is 11.4 Å². The maximum absolute atomic E-state index is 6.00. The molecule has 7 heteroatoms. The molecule has 4 aromatic rings. The SMILES string of the molecule is CCCOc1ccc2ccccc2c1CNCCSc1nnnn1-c1ccccc1. The van der Waals surface area contributed by atoms with Crippen LogP contribution in [0.2, 0.25) is 0 Å². The minimum atomic E-state index is 0.726. The maximum Gasteiger partial charge on any atom is 0.214 e. The first-order valence-electron chi connectivity index (χ1n) is 10.2. The maximum atomic E-state index is 6.00. The number of rotatable bonds is 10. The van der Waals surface area contributed by atoms with Crippen LogP contribution in [0.3, 0.4) is 0 Å². The lowest BCUT2D eigenvalue weighted by atomic mass is 10.0. The quantitative estimate of drug-likeness (QED) is 0.302. The Hall–Kier alpha value is -2.90. The van der Waals surface area contributed by atoms with Crippen molar-refractivity contribution in [2.45, 2.75) is 25.0 Å². The van der Waals surface area contributed by atoms with E-state index in [1.54, 1.807) is 16.4 Å². The zero-order valence-electron chi connectivity index (χ0n) is 17.0. The van der Waals surface area contributed by atoms with Crippen LogP contribution in [0.25, 0.3) is 16.5 Å². The van der Waals surface area contributed by atoms with E-state index in [0.717, 1.165) is 48.5 Å². The molecule has 30 heavy (non-hydrogen) atoms. The molecule has 0 aliphatic rings. The molecule has 0 fully saturated rings. The Balaban J connectivity index is 1.37. The molecule has 0 bridgehead atoms. The molecular weight excluding hydrogens is 394 g/mol. The minimum Gasteiger partial charge on any atom is -0.493 e. The van der Waals surface area contributed by atoms with Gasteiger partial charge in [0.15, 0.2) is 0 Å². The number of nitrogens with one attached hydrogen (secondary N) is 1. The average Bonchev–Trinajstić information content (AvgIpc) is 3.27. The zero-order chi connectivity index (χ0) is 20.6. The van der Waals surface area contributed by atoms with Crippen LogP contribution in [0.4, 0.5) is 0 Å². The van der Waals surface area contributed by atoms with E-state index >= 15 is 0 Å². The van der Waals surface area contributed by atoms with E-state index in [9.17, 15) is 0 Å². The average molecular weight is 420 g/mol. The number of benzene rings is 3. The van der Waals surface area contributed by atoms with Crippen molar-refractivity contribution in [1.29, 1.82) is 0 Å². The highest BCUT2D eigenvalue weighted by molar-refractivity contribution is 7.99. The van der Waals surface area contributed by atoms with Gasteiger partial charge in [0.1, 0.15) is 5.75 Å². The van der Waals surface area contributed by atoms with Crippen molar-refractivity contribution >= 4 is 22.5 Å². The van der Waals surface area contributed by atoms with E-state index in [1.807, 2.05) is 30.3 Å². The lowest BCUT2D eigenvalue weighted by molar-refractivity contribution is 0.314. The van der Waals surface area contributed by atoms with E-state index in [4.69, 9.17) is 4.74 Å². The Morgan fingerprint density at radius 2 is 1.83 bits per heavy atom. The Morgan fingerprint density at radius 3 is 2.70 bits per heavy atom. The first-order chi connectivity index (χ1) is 14.9. The summed E-state index contributed by atoms with van der Waals surface area (Å²) < 4.78 is 7.77. The van der Waals surface area contributed by atoms with Gasteiger partial charge in [0.05, 0.1) is 12.3 Å². The molecule has 6 nitrogen and oxygen atoms in total. The highest BCUT2D eigenvalue weighted by atomic mass is 32.2. The third-order valence-electron chi connectivity index (χ3n) is 4.71. The molecule has 0 aliphatic heterocycles. The van der Waals surface area contributed by atoms with Crippen molar-refractivity contribution in [2.24, 2.45) is 0 Å². The summed E-state index contributed by atoms with van der Waals surface area (Å²) >= 11 is 1.64. The summed E-state index contributed by atoms with van der Waals surface area (Å²) in [5.41, 5.74) is 2.17. The number of thioether (sulfide) groups is 1. The summed E-state index contributed by atoms with van der Waals surface area (Å²) in [6.07, 6.45) is 0.993. The number of para-hydroxylation sites is 1. The highest BCUT2D eigenvalue weighted by Crippen LogP contribution is 2.28. The normalized spacial score (nSPS) is 11.1. The van der Waals surface area contributed by atoms with Crippen LogP contribution < -0.4 is 10.1 Å². The van der Waals surface area contributed by atoms with Gasteiger partial charge >= 0.3 is 0 Å². The van der Waals surface area contributed by atoms with Crippen LogP contribution in [0.15, 0.2) is 71.9 Å². The first-order valence-corrected chi connectivity index (χ1v) is 11.2. The van der Waals surface area contributed by atoms with Gasteiger partial charge in [-0.3, -0.25) is 0 Å². The molecule has 1 N–H and O–H groups in total. The van der Waals surface area contributed by atoms with Crippen molar-refractivity contribution in [3.05, 3.63) is 72.3 Å². The fourth-order valence-electron chi connectivity index (χ4n) is 3.27. The Kier molecular flexibility index (Phi) is 6.95. The molecule has 0 saturated heterocycles. The molecular formula is C23H25N5OS. The second-order valence-electron chi connectivity index (χ2n) is 6.85. The van der Waals surface area contributed by atoms with Crippen molar-refractivity contribution in [3.63, 3.8) is 0 Å².